The molecule has 0 spiro atoms. The van der Waals surface area contributed by atoms with E-state index in [1.807, 2.05) is 21.1 Å². The van der Waals surface area contributed by atoms with Gasteiger partial charge in [-0.2, -0.15) is 0 Å². The summed E-state index contributed by atoms with van der Waals surface area (Å²) in [6.45, 7) is 4.32. The minimum Gasteiger partial charge on any atom is -0.462 e. The highest BCUT2D eigenvalue weighted by Crippen LogP contribution is 2.43. The van der Waals surface area contributed by atoms with Gasteiger partial charge in [0.2, 0.25) is 0 Å². The van der Waals surface area contributed by atoms with Gasteiger partial charge in [-0.1, -0.05) is 314 Å². The minimum absolute atomic E-state index is 0.0269. The van der Waals surface area contributed by atoms with Crippen molar-refractivity contribution in [2.75, 3.05) is 47.5 Å². The fourth-order valence-corrected chi connectivity index (χ4v) is 10.8. The van der Waals surface area contributed by atoms with Crippen molar-refractivity contribution in [3.63, 3.8) is 0 Å². The molecule has 90 heavy (non-hydrogen) atoms. The quantitative estimate of drug-likeness (QED) is 0.0211. The predicted molar refractivity (Wildman–Crippen MR) is 390 cm³/mol. The van der Waals surface area contributed by atoms with Gasteiger partial charge in [-0.15, -0.1) is 0 Å². The molecule has 0 saturated carbocycles. The van der Waals surface area contributed by atoms with Gasteiger partial charge in [0.1, 0.15) is 19.8 Å². The van der Waals surface area contributed by atoms with E-state index in [0.717, 1.165) is 103 Å². The minimum atomic E-state index is -4.40. The Kier molecular flexibility index (Phi) is 66.5. The lowest BCUT2D eigenvalue weighted by Gasteiger charge is -2.24. The van der Waals surface area contributed by atoms with E-state index in [1.54, 1.807) is 0 Å². The number of carbonyl (C=O) groups is 2. The Morgan fingerprint density at radius 1 is 0.356 bits per heavy atom. The molecule has 1 N–H and O–H groups in total. The highest BCUT2D eigenvalue weighted by molar-refractivity contribution is 7.47. The highest BCUT2D eigenvalue weighted by Gasteiger charge is 2.27. The summed E-state index contributed by atoms with van der Waals surface area (Å²) in [5.74, 6) is -0.798. The number of rotatable bonds is 67. The number of carbonyl (C=O) groups excluding carboxylic acids is 2. The summed E-state index contributed by atoms with van der Waals surface area (Å²) in [5.41, 5.74) is 0. The summed E-state index contributed by atoms with van der Waals surface area (Å²) in [6.07, 6.45) is 101. The van der Waals surface area contributed by atoms with Gasteiger partial charge in [-0.25, -0.2) is 4.57 Å². The molecule has 0 rings (SSSR count). The zero-order valence-corrected chi connectivity index (χ0v) is 59.7. The first-order valence-electron chi connectivity index (χ1n) is 36.9. The summed E-state index contributed by atoms with van der Waals surface area (Å²) in [4.78, 5) is 35.9. The fourth-order valence-electron chi connectivity index (χ4n) is 10.0. The molecule has 0 aromatic rings. The van der Waals surface area contributed by atoms with Crippen molar-refractivity contribution in [2.24, 2.45) is 0 Å². The first-order chi connectivity index (χ1) is 44.0. The Hall–Kier alpha value is -3.85. The van der Waals surface area contributed by atoms with Crippen LogP contribution in [-0.2, 0) is 32.7 Å². The molecule has 9 nitrogen and oxygen atoms in total. The van der Waals surface area contributed by atoms with Crippen LogP contribution in [0.5, 0.6) is 0 Å². The molecule has 0 bridgehead atoms. The van der Waals surface area contributed by atoms with Gasteiger partial charge >= 0.3 is 19.8 Å². The van der Waals surface area contributed by atoms with Gasteiger partial charge in [0.15, 0.2) is 6.10 Å². The second-order valence-electron chi connectivity index (χ2n) is 25.6. The number of nitrogens with zero attached hydrogens (tertiary/aromatic N) is 1. The number of likely N-dealkylation sites (N-methyl/N-ethyl adjacent to an activating group) is 1. The Balaban J connectivity index is 4.02. The van der Waals surface area contributed by atoms with Crippen LogP contribution in [-0.4, -0.2) is 74.9 Å². The van der Waals surface area contributed by atoms with E-state index in [0.29, 0.717) is 17.4 Å². The van der Waals surface area contributed by atoms with E-state index in [4.69, 9.17) is 18.5 Å². The third kappa shape index (κ3) is 73.2. The second kappa shape index (κ2) is 69.5. The third-order valence-corrected chi connectivity index (χ3v) is 16.6. The van der Waals surface area contributed by atoms with Crippen molar-refractivity contribution in [3.05, 3.63) is 134 Å². The first-order valence-corrected chi connectivity index (χ1v) is 38.4. The Morgan fingerprint density at radius 3 is 0.944 bits per heavy atom. The van der Waals surface area contributed by atoms with Crippen molar-refractivity contribution in [1.82, 2.24) is 0 Å². The lowest BCUT2D eigenvalue weighted by atomic mass is 10.0. The maximum Gasteiger partial charge on any atom is 0.472 e. The molecule has 0 aromatic heterocycles. The van der Waals surface area contributed by atoms with Gasteiger partial charge in [-0.05, 0) is 116 Å². The average molecular weight is 1270 g/mol. The molecule has 0 aliphatic rings. The zero-order chi connectivity index (χ0) is 65.5. The van der Waals surface area contributed by atoms with Gasteiger partial charge < -0.3 is 18.9 Å². The third-order valence-electron chi connectivity index (χ3n) is 15.7. The number of allylic oxidation sites excluding steroid dienone is 22. The Bertz CT molecular complexity index is 1980. The van der Waals surface area contributed by atoms with Crippen LogP contribution in [0.15, 0.2) is 134 Å². The second-order valence-corrected chi connectivity index (χ2v) is 27.0. The summed E-state index contributed by atoms with van der Waals surface area (Å²) in [5, 5.41) is 0. The summed E-state index contributed by atoms with van der Waals surface area (Å²) in [7, 11) is 1.47. The van der Waals surface area contributed by atoms with Crippen molar-refractivity contribution >= 4 is 19.8 Å². The number of hydrogen-bond acceptors (Lipinski definition) is 7. The van der Waals surface area contributed by atoms with Crippen LogP contribution < -0.4 is 0 Å². The lowest BCUT2D eigenvalue weighted by Crippen LogP contribution is -2.37. The molecule has 0 saturated heterocycles. The van der Waals surface area contributed by atoms with Crippen LogP contribution in [0.25, 0.3) is 0 Å². The number of hydrogen-bond donors (Lipinski definition) is 1. The van der Waals surface area contributed by atoms with Crippen molar-refractivity contribution < 1.29 is 42.1 Å². The summed E-state index contributed by atoms with van der Waals surface area (Å²) in [6, 6.07) is 0. The molecule has 0 radical (unpaired) electrons. The fraction of sp³-hybridized carbons (Fsp3) is 0.700. The first kappa shape index (κ1) is 86.2. The van der Waals surface area contributed by atoms with Crippen molar-refractivity contribution in [2.45, 2.75) is 315 Å². The Morgan fingerprint density at radius 2 is 0.633 bits per heavy atom. The van der Waals surface area contributed by atoms with Gasteiger partial charge in [0, 0.05) is 12.8 Å². The predicted octanol–water partition coefficient (Wildman–Crippen LogP) is 24.4. The number of quaternary nitrogens is 1. The van der Waals surface area contributed by atoms with Crippen molar-refractivity contribution in [1.29, 1.82) is 0 Å². The van der Waals surface area contributed by atoms with Crippen LogP contribution in [0.2, 0.25) is 0 Å². The number of esters is 2. The van der Waals surface area contributed by atoms with Crippen LogP contribution >= 0.6 is 7.82 Å². The smallest absolute Gasteiger partial charge is 0.462 e. The number of unbranched alkanes of at least 4 members (excludes halogenated alkanes) is 31. The average Bonchev–Trinajstić information content (AvgIpc) is 3.62. The zero-order valence-electron chi connectivity index (χ0n) is 58.8. The molecule has 0 fully saturated rings. The summed E-state index contributed by atoms with van der Waals surface area (Å²) >= 11 is 0. The Labute approximate surface area is 555 Å². The standard InChI is InChI=1S/C80H138NO8P/c1-6-8-10-12-14-16-18-20-22-24-26-28-30-32-33-34-35-36-37-38-39-40-41-42-43-44-45-46-47-49-51-53-55-57-59-61-63-65-67-69-71-73-80(83)89-78(77-88-90(84,85)87-75-74-81(3,4)5)76-86-79(82)72-70-68-66-64-62-60-58-56-54-52-50-48-31-29-27-25-23-21-19-17-15-13-11-9-7-2/h8,10,14,16,19-22,25-28,31-33,35-36,38-39,41-42,48,78H,6-7,9,11-13,15,17-18,23-24,29-30,34,37,40,43-47,49-77H2,1-5H3/p+1/b10-8-,16-14-,21-19-,22-20-,27-25-,28-26-,33-32-,36-35-,39-38-,42-41-,48-31-. The van der Waals surface area contributed by atoms with E-state index in [-0.39, 0.29) is 32.0 Å². The molecule has 0 aliphatic heterocycles. The molecule has 10 heteroatoms. The van der Waals surface area contributed by atoms with Crippen LogP contribution in [0.1, 0.15) is 309 Å². The largest absolute Gasteiger partial charge is 0.472 e. The van der Waals surface area contributed by atoms with E-state index >= 15 is 0 Å². The molecule has 2 unspecified atom stereocenters. The molecule has 0 amide bonds. The van der Waals surface area contributed by atoms with Crippen LogP contribution in [0.4, 0.5) is 0 Å². The van der Waals surface area contributed by atoms with E-state index in [2.05, 4.69) is 148 Å². The molecule has 0 aromatic carbocycles. The SMILES string of the molecule is CC/C=C\C/C=C\C/C=C\C/C=C\C/C=C\C/C=C\C/C=C\C/C=C\CCCCCCCCCCCCCCCCCCC(=O)OC(COC(=O)CCCCCCCCCCCC/C=C\C/C=C\C/C=C\CCCCCCC)COP(=O)(O)OCC[N+](C)(C)C. The number of phosphoric acid groups is 1. The van der Waals surface area contributed by atoms with Gasteiger partial charge in [-0.3, -0.25) is 18.6 Å². The summed E-state index contributed by atoms with van der Waals surface area (Å²) < 4.78 is 34.7. The van der Waals surface area contributed by atoms with E-state index in [9.17, 15) is 19.0 Å². The topological polar surface area (TPSA) is 108 Å². The molecule has 0 heterocycles. The highest BCUT2D eigenvalue weighted by atomic mass is 31.2. The number of phosphoric ester groups is 1. The molecule has 0 aliphatic carbocycles. The lowest BCUT2D eigenvalue weighted by molar-refractivity contribution is -0.870. The van der Waals surface area contributed by atoms with Crippen LogP contribution in [0, 0.1) is 0 Å². The molecular weight excluding hydrogens is 1130 g/mol. The molecular formula is C80H139NO8P+. The van der Waals surface area contributed by atoms with Gasteiger partial charge in [0.25, 0.3) is 0 Å². The van der Waals surface area contributed by atoms with Gasteiger partial charge in [0.05, 0.1) is 27.7 Å². The molecule has 2 atom stereocenters. The van der Waals surface area contributed by atoms with Crippen LogP contribution in [0.3, 0.4) is 0 Å². The monoisotopic (exact) mass is 1270 g/mol. The van der Waals surface area contributed by atoms with Crippen molar-refractivity contribution in [3.8, 4) is 0 Å². The number of ether oxygens (including phenoxy) is 2. The molecule has 516 valence electrons. The normalized spacial score (nSPS) is 13.9. The maximum atomic E-state index is 12.9. The van der Waals surface area contributed by atoms with E-state index < -0.39 is 26.5 Å². The van der Waals surface area contributed by atoms with E-state index in [1.165, 1.54) is 173 Å². The maximum absolute atomic E-state index is 12.9.